The first-order valence-corrected chi connectivity index (χ1v) is 11.0. The van der Waals surface area contributed by atoms with Gasteiger partial charge in [0, 0.05) is 24.3 Å². The van der Waals surface area contributed by atoms with E-state index < -0.39 is 0 Å². The van der Waals surface area contributed by atoms with Gasteiger partial charge in [0.25, 0.3) is 5.88 Å². The molecule has 1 aliphatic carbocycles. The maximum absolute atomic E-state index is 6.33. The Labute approximate surface area is 197 Å². The minimum Gasteiger partial charge on any atom is -0.497 e. The molecule has 3 aromatic carbocycles. The molecule has 1 aliphatic rings. The molecule has 0 bridgehead atoms. The van der Waals surface area contributed by atoms with Crippen molar-refractivity contribution in [3.05, 3.63) is 83.9 Å². The van der Waals surface area contributed by atoms with Gasteiger partial charge in [0.15, 0.2) is 12.6 Å². The first-order valence-electron chi connectivity index (χ1n) is 11.0. The van der Waals surface area contributed by atoms with Crippen molar-refractivity contribution in [3.8, 4) is 40.2 Å². The first kappa shape index (κ1) is 21.9. The number of hydrogen-bond donors (Lipinski definition) is 0. The second-order valence-electron chi connectivity index (χ2n) is 7.85. The molecule has 7 heteroatoms. The van der Waals surface area contributed by atoms with Gasteiger partial charge in [0.1, 0.15) is 29.1 Å². The number of ether oxygens (including phenoxy) is 5. The third-order valence-electron chi connectivity index (χ3n) is 5.69. The number of aromatic nitrogens is 1. The molecular formula is C27H25NO6. The van der Waals surface area contributed by atoms with Crippen molar-refractivity contribution in [2.24, 2.45) is 0 Å². The second-order valence-corrected chi connectivity index (χ2v) is 7.85. The van der Waals surface area contributed by atoms with Crippen LogP contribution in [0.25, 0.3) is 11.3 Å². The van der Waals surface area contributed by atoms with Crippen molar-refractivity contribution in [3.63, 3.8) is 0 Å². The van der Waals surface area contributed by atoms with Crippen molar-refractivity contribution in [1.29, 1.82) is 0 Å². The van der Waals surface area contributed by atoms with E-state index in [1.165, 1.54) is 5.56 Å². The van der Waals surface area contributed by atoms with Crippen molar-refractivity contribution < 1.29 is 28.2 Å². The summed E-state index contributed by atoms with van der Waals surface area (Å²) in [5.41, 5.74) is 3.23. The van der Waals surface area contributed by atoms with Gasteiger partial charge >= 0.3 is 0 Å². The van der Waals surface area contributed by atoms with E-state index in [1.54, 1.807) is 20.3 Å². The maximum Gasteiger partial charge on any atom is 0.256 e. The summed E-state index contributed by atoms with van der Waals surface area (Å²) in [6.45, 7) is 0.120. The number of hydrogen-bond acceptors (Lipinski definition) is 7. The fourth-order valence-electron chi connectivity index (χ4n) is 4.02. The van der Waals surface area contributed by atoms with E-state index in [2.05, 4.69) is 11.2 Å². The van der Waals surface area contributed by atoms with Crippen LogP contribution >= 0.6 is 0 Å². The number of benzene rings is 3. The molecule has 0 radical (unpaired) electrons. The summed E-state index contributed by atoms with van der Waals surface area (Å²) >= 11 is 0. The van der Waals surface area contributed by atoms with Crippen LogP contribution in [-0.2, 0) is 11.2 Å². The fourth-order valence-corrected chi connectivity index (χ4v) is 4.02. The van der Waals surface area contributed by atoms with Gasteiger partial charge in [-0.05, 0) is 78.2 Å². The highest BCUT2D eigenvalue weighted by Gasteiger charge is 2.27. The van der Waals surface area contributed by atoms with Gasteiger partial charge in [-0.25, -0.2) is 0 Å². The monoisotopic (exact) mass is 459 g/mol. The van der Waals surface area contributed by atoms with Crippen LogP contribution in [0.5, 0.6) is 28.9 Å². The standard InChI is InChI=1S/C27H25NO6/c1-29-17-31-27-16-26(34-28-27)18-6-8-20(9-7-18)33-25-15-14-23-22(25)4-3-5-24(23)32-21-12-10-19(30-2)11-13-21/h3-13,16,25H,14-15,17H2,1-2H3. The van der Waals surface area contributed by atoms with E-state index in [0.29, 0.717) is 11.6 Å². The molecule has 34 heavy (non-hydrogen) atoms. The Morgan fingerprint density at radius 2 is 1.68 bits per heavy atom. The summed E-state index contributed by atoms with van der Waals surface area (Å²) in [6, 6.07) is 23.2. The Kier molecular flexibility index (Phi) is 6.35. The highest BCUT2D eigenvalue weighted by Crippen LogP contribution is 2.41. The predicted octanol–water partition coefficient (Wildman–Crippen LogP) is 6.19. The lowest BCUT2D eigenvalue weighted by Gasteiger charge is -2.16. The van der Waals surface area contributed by atoms with Gasteiger partial charge < -0.3 is 28.2 Å². The molecule has 7 nitrogen and oxygen atoms in total. The summed E-state index contributed by atoms with van der Waals surface area (Å²) in [7, 11) is 3.20. The largest absolute Gasteiger partial charge is 0.497 e. The van der Waals surface area contributed by atoms with Crippen LogP contribution in [0.3, 0.4) is 0 Å². The van der Waals surface area contributed by atoms with Gasteiger partial charge in [0.05, 0.1) is 7.11 Å². The van der Waals surface area contributed by atoms with E-state index in [0.717, 1.165) is 47.0 Å². The zero-order valence-corrected chi connectivity index (χ0v) is 19.0. The summed E-state index contributed by atoms with van der Waals surface area (Å²) in [6.07, 6.45) is 1.76. The Bertz CT molecular complexity index is 1230. The van der Waals surface area contributed by atoms with E-state index in [1.807, 2.05) is 60.7 Å². The van der Waals surface area contributed by atoms with Crippen LogP contribution in [0.1, 0.15) is 23.7 Å². The van der Waals surface area contributed by atoms with Crippen LogP contribution in [0.15, 0.2) is 77.3 Å². The second kappa shape index (κ2) is 9.89. The smallest absolute Gasteiger partial charge is 0.256 e. The highest BCUT2D eigenvalue weighted by atomic mass is 16.7. The van der Waals surface area contributed by atoms with Crippen molar-refractivity contribution in [1.82, 2.24) is 5.16 Å². The summed E-state index contributed by atoms with van der Waals surface area (Å²) < 4.78 is 33.2. The number of fused-ring (bicyclic) bond motifs is 1. The lowest BCUT2D eigenvalue weighted by atomic mass is 10.1. The van der Waals surface area contributed by atoms with Crippen LogP contribution in [0.2, 0.25) is 0 Å². The molecular weight excluding hydrogens is 434 g/mol. The lowest BCUT2D eigenvalue weighted by molar-refractivity contribution is 0.0453. The Balaban J connectivity index is 1.27. The zero-order valence-electron chi connectivity index (χ0n) is 19.0. The van der Waals surface area contributed by atoms with Gasteiger partial charge in [-0.15, -0.1) is 0 Å². The van der Waals surface area contributed by atoms with Gasteiger partial charge in [-0.1, -0.05) is 12.1 Å². The summed E-state index contributed by atoms with van der Waals surface area (Å²) in [4.78, 5) is 0. The average molecular weight is 459 g/mol. The molecule has 0 aliphatic heterocycles. The molecule has 1 heterocycles. The van der Waals surface area contributed by atoms with Gasteiger partial charge in [0.2, 0.25) is 0 Å². The summed E-state index contributed by atoms with van der Waals surface area (Å²) in [5, 5.41) is 3.88. The van der Waals surface area contributed by atoms with Crippen LogP contribution in [-0.4, -0.2) is 26.2 Å². The van der Waals surface area contributed by atoms with Gasteiger partial charge in [-0.2, -0.15) is 0 Å². The lowest BCUT2D eigenvalue weighted by Crippen LogP contribution is -2.03. The molecule has 0 amide bonds. The Hall–Kier alpha value is -3.97. The molecule has 0 N–H and O–H groups in total. The van der Waals surface area contributed by atoms with Crippen molar-refractivity contribution in [2.75, 3.05) is 21.0 Å². The number of methoxy groups -OCH3 is 2. The quantitative estimate of drug-likeness (QED) is 0.276. The third kappa shape index (κ3) is 4.70. The van der Waals surface area contributed by atoms with E-state index in [4.69, 9.17) is 28.2 Å². The highest BCUT2D eigenvalue weighted by molar-refractivity contribution is 5.59. The molecule has 0 spiro atoms. The average Bonchev–Trinajstić information content (AvgIpc) is 3.52. The Morgan fingerprint density at radius 1 is 0.912 bits per heavy atom. The molecule has 0 saturated carbocycles. The van der Waals surface area contributed by atoms with Crippen molar-refractivity contribution in [2.45, 2.75) is 18.9 Å². The molecule has 1 aromatic heterocycles. The van der Waals surface area contributed by atoms with Crippen LogP contribution in [0, 0.1) is 0 Å². The van der Waals surface area contributed by atoms with E-state index in [-0.39, 0.29) is 12.9 Å². The topological polar surface area (TPSA) is 72.2 Å². The van der Waals surface area contributed by atoms with Gasteiger partial charge in [-0.3, -0.25) is 0 Å². The minimum atomic E-state index is -0.0282. The first-order chi connectivity index (χ1) is 16.7. The molecule has 5 rings (SSSR count). The molecule has 0 saturated heterocycles. The summed E-state index contributed by atoms with van der Waals surface area (Å²) in [5.74, 6) is 4.22. The zero-order chi connectivity index (χ0) is 23.3. The number of nitrogens with zero attached hydrogens (tertiary/aromatic N) is 1. The van der Waals surface area contributed by atoms with Crippen LogP contribution < -0.4 is 18.9 Å². The fraction of sp³-hybridized carbons (Fsp3) is 0.222. The van der Waals surface area contributed by atoms with E-state index in [9.17, 15) is 0 Å². The van der Waals surface area contributed by atoms with Crippen molar-refractivity contribution >= 4 is 0 Å². The molecule has 1 atom stereocenters. The molecule has 4 aromatic rings. The Morgan fingerprint density at radius 3 is 2.44 bits per heavy atom. The predicted molar refractivity (Wildman–Crippen MR) is 126 cm³/mol. The SMILES string of the molecule is COCOc1cc(-c2ccc(OC3CCc4c(Oc5ccc(OC)cc5)cccc43)cc2)on1. The van der Waals surface area contributed by atoms with Crippen LogP contribution in [0.4, 0.5) is 0 Å². The third-order valence-corrected chi connectivity index (χ3v) is 5.69. The minimum absolute atomic E-state index is 0.0282. The maximum atomic E-state index is 6.33. The molecule has 174 valence electrons. The molecule has 0 fully saturated rings. The number of rotatable bonds is 9. The normalized spacial score (nSPS) is 14.5. The molecule has 1 unspecified atom stereocenters. The van der Waals surface area contributed by atoms with E-state index >= 15 is 0 Å².